The van der Waals surface area contributed by atoms with Gasteiger partial charge in [-0.1, -0.05) is 0 Å². The third-order valence-corrected chi connectivity index (χ3v) is 3.50. The van der Waals surface area contributed by atoms with Crippen molar-refractivity contribution in [2.24, 2.45) is 0 Å². The van der Waals surface area contributed by atoms with Gasteiger partial charge in [-0.2, -0.15) is 0 Å². The maximum Gasteiger partial charge on any atom is 0.333 e. The van der Waals surface area contributed by atoms with Crippen molar-refractivity contribution >= 4 is 23.5 Å². The number of phenols is 2. The average Bonchev–Trinajstić information content (AvgIpc) is 2.43. The van der Waals surface area contributed by atoms with Crippen LogP contribution in [0.3, 0.4) is 0 Å². The van der Waals surface area contributed by atoms with Crippen molar-refractivity contribution in [3.05, 3.63) is 52.8 Å². The van der Waals surface area contributed by atoms with Crippen LogP contribution in [0.25, 0.3) is 0 Å². The van der Waals surface area contributed by atoms with Gasteiger partial charge in [-0.15, -0.1) is 11.6 Å². The van der Waals surface area contributed by atoms with Gasteiger partial charge in [-0.25, -0.2) is 9.59 Å². The number of hydrogen-bond donors (Lipinski definition) is 4. The maximum absolute atomic E-state index is 11.0. The Balaban J connectivity index is 2.21. The van der Waals surface area contributed by atoms with E-state index in [0.29, 0.717) is 11.3 Å². The van der Waals surface area contributed by atoms with Crippen LogP contribution in [0.1, 0.15) is 5.56 Å². The third-order valence-electron chi connectivity index (χ3n) is 3.05. The lowest BCUT2D eigenvalue weighted by atomic mass is 9.97. The molecule has 0 heterocycles. The van der Waals surface area contributed by atoms with Crippen molar-refractivity contribution in [3.8, 4) is 11.5 Å². The standard InChI is InChI=1S/C15H12ClNO5/c16-14-11(15(21)22)1-2-13(12(14)7-18)17-6-8-3-9(19)5-10(20)4-8/h1-5,14,17,19-20H,6H2,(H,21,22). The van der Waals surface area contributed by atoms with Crippen molar-refractivity contribution in [2.75, 3.05) is 0 Å². The van der Waals surface area contributed by atoms with Crippen LogP contribution < -0.4 is 5.32 Å². The Morgan fingerprint density at radius 1 is 1.23 bits per heavy atom. The molecule has 0 amide bonds. The number of halogens is 1. The van der Waals surface area contributed by atoms with Gasteiger partial charge in [0, 0.05) is 12.6 Å². The zero-order chi connectivity index (χ0) is 16.3. The van der Waals surface area contributed by atoms with Gasteiger partial charge in [0.15, 0.2) is 0 Å². The summed E-state index contributed by atoms with van der Waals surface area (Å²) in [6.45, 7) is 0.193. The molecule has 0 bridgehead atoms. The van der Waals surface area contributed by atoms with E-state index in [1.807, 2.05) is 0 Å². The third kappa shape index (κ3) is 3.31. The fourth-order valence-electron chi connectivity index (χ4n) is 2.04. The highest BCUT2D eigenvalue weighted by Gasteiger charge is 2.28. The van der Waals surface area contributed by atoms with Crippen molar-refractivity contribution in [1.29, 1.82) is 0 Å². The molecule has 1 atom stereocenters. The van der Waals surface area contributed by atoms with Crippen molar-refractivity contribution in [3.63, 3.8) is 0 Å². The molecule has 0 aliphatic heterocycles. The summed E-state index contributed by atoms with van der Waals surface area (Å²) < 4.78 is 0. The van der Waals surface area contributed by atoms with Gasteiger partial charge in [-0.3, -0.25) is 0 Å². The molecule has 1 aliphatic carbocycles. The quantitative estimate of drug-likeness (QED) is 0.494. The van der Waals surface area contributed by atoms with Crippen LogP contribution in [0.4, 0.5) is 0 Å². The van der Waals surface area contributed by atoms with Crippen molar-refractivity contribution < 1.29 is 24.9 Å². The number of rotatable bonds is 4. The molecule has 7 heteroatoms. The van der Waals surface area contributed by atoms with Crippen LogP contribution in [0, 0.1) is 0 Å². The van der Waals surface area contributed by atoms with Gasteiger partial charge in [0.25, 0.3) is 0 Å². The van der Waals surface area contributed by atoms with Crippen molar-refractivity contribution in [2.45, 2.75) is 11.9 Å². The van der Waals surface area contributed by atoms with Crippen LogP contribution in [0.2, 0.25) is 0 Å². The SMILES string of the molecule is O=C=C1C(NCc2cc(O)cc(O)c2)=CC=C(C(=O)O)C1Cl. The molecule has 1 aromatic rings. The first-order valence-electron chi connectivity index (χ1n) is 6.22. The summed E-state index contributed by atoms with van der Waals surface area (Å²) in [5.41, 5.74) is 0.789. The summed E-state index contributed by atoms with van der Waals surface area (Å²) in [6.07, 6.45) is 2.73. The summed E-state index contributed by atoms with van der Waals surface area (Å²) in [7, 11) is 0. The molecule has 6 nitrogen and oxygen atoms in total. The number of phenolic OH excluding ortho intramolecular Hbond substituents is 2. The number of aliphatic carboxylic acids is 1. The number of nitrogens with one attached hydrogen (secondary N) is 1. The monoisotopic (exact) mass is 321 g/mol. The summed E-state index contributed by atoms with van der Waals surface area (Å²) >= 11 is 5.96. The van der Waals surface area contributed by atoms with E-state index >= 15 is 0 Å². The molecule has 1 aromatic carbocycles. The Bertz CT molecular complexity index is 711. The molecular formula is C15H12ClNO5. The number of hydrogen-bond acceptors (Lipinski definition) is 5. The maximum atomic E-state index is 11.0. The highest BCUT2D eigenvalue weighted by molar-refractivity contribution is 6.28. The average molecular weight is 322 g/mol. The summed E-state index contributed by atoms with van der Waals surface area (Å²) in [5.74, 6) is 0.254. The van der Waals surface area contributed by atoms with Crippen LogP contribution in [0.15, 0.2) is 47.2 Å². The molecule has 1 aliphatic rings. The zero-order valence-electron chi connectivity index (χ0n) is 11.2. The largest absolute Gasteiger partial charge is 0.508 e. The molecule has 0 saturated carbocycles. The molecule has 2 rings (SSSR count). The molecule has 0 spiro atoms. The fraction of sp³-hybridized carbons (Fsp3) is 0.133. The van der Waals surface area contributed by atoms with Gasteiger partial charge in [-0.05, 0) is 29.8 Å². The van der Waals surface area contributed by atoms with Gasteiger partial charge in [0.05, 0.1) is 16.8 Å². The Morgan fingerprint density at radius 3 is 2.41 bits per heavy atom. The smallest absolute Gasteiger partial charge is 0.333 e. The number of alkyl halides is 1. The minimum atomic E-state index is -1.21. The first-order chi connectivity index (χ1) is 10.4. The number of carbonyl (C=O) groups excluding carboxylic acids is 1. The van der Waals surface area contributed by atoms with Crippen LogP contribution in [-0.4, -0.2) is 32.6 Å². The van der Waals surface area contributed by atoms with Gasteiger partial charge >= 0.3 is 5.97 Å². The summed E-state index contributed by atoms with van der Waals surface area (Å²) in [6, 6.07) is 4.07. The molecule has 1 unspecified atom stereocenters. The number of carboxylic acid groups (broad SMARTS) is 1. The minimum absolute atomic E-state index is 0.00839. The van der Waals surface area contributed by atoms with E-state index in [4.69, 9.17) is 16.7 Å². The number of aromatic hydroxyl groups is 2. The lowest BCUT2D eigenvalue weighted by Crippen LogP contribution is -2.25. The minimum Gasteiger partial charge on any atom is -0.508 e. The number of carbonyl (C=O) groups is 1. The van der Waals surface area contributed by atoms with Crippen LogP contribution in [0.5, 0.6) is 11.5 Å². The van der Waals surface area contributed by atoms with E-state index in [-0.39, 0.29) is 29.2 Å². The highest BCUT2D eigenvalue weighted by Crippen LogP contribution is 2.27. The second-order valence-electron chi connectivity index (χ2n) is 4.60. The van der Waals surface area contributed by atoms with Gasteiger partial charge in [0.1, 0.15) is 22.8 Å². The van der Waals surface area contributed by atoms with Gasteiger partial charge < -0.3 is 20.6 Å². The molecule has 114 valence electrons. The molecule has 0 aromatic heterocycles. The molecule has 22 heavy (non-hydrogen) atoms. The van der Waals surface area contributed by atoms with E-state index in [9.17, 15) is 19.8 Å². The number of allylic oxidation sites excluding steroid dienone is 3. The first-order valence-corrected chi connectivity index (χ1v) is 6.66. The Morgan fingerprint density at radius 2 is 1.86 bits per heavy atom. The molecule has 0 saturated heterocycles. The Hall–Kier alpha value is -2.69. The second-order valence-corrected chi connectivity index (χ2v) is 5.03. The second kappa shape index (κ2) is 6.39. The van der Waals surface area contributed by atoms with E-state index in [0.717, 1.165) is 0 Å². The van der Waals surface area contributed by atoms with E-state index in [1.54, 1.807) is 5.94 Å². The zero-order valence-corrected chi connectivity index (χ0v) is 12.0. The fourth-order valence-corrected chi connectivity index (χ4v) is 2.36. The Kier molecular flexibility index (Phi) is 4.56. The van der Waals surface area contributed by atoms with E-state index < -0.39 is 11.3 Å². The molecule has 4 N–H and O–H groups in total. The first kappa shape index (κ1) is 15.7. The molecule has 0 fully saturated rings. The topological polar surface area (TPSA) is 107 Å². The van der Waals surface area contributed by atoms with Gasteiger partial charge in [0.2, 0.25) is 0 Å². The highest BCUT2D eigenvalue weighted by atomic mass is 35.5. The van der Waals surface area contributed by atoms with Crippen LogP contribution >= 0.6 is 11.6 Å². The van der Waals surface area contributed by atoms with Crippen LogP contribution in [-0.2, 0) is 16.1 Å². The molecular weight excluding hydrogens is 310 g/mol. The van der Waals surface area contributed by atoms with Crippen molar-refractivity contribution in [1.82, 2.24) is 5.32 Å². The number of benzene rings is 1. The lowest BCUT2D eigenvalue weighted by molar-refractivity contribution is -0.132. The lowest BCUT2D eigenvalue weighted by Gasteiger charge is -2.20. The normalized spacial score (nSPS) is 17.3. The van der Waals surface area contributed by atoms with E-state index in [2.05, 4.69) is 5.32 Å². The number of carboxylic acids is 1. The predicted octanol–water partition coefficient (Wildman–Crippen LogP) is 1.46. The van der Waals surface area contributed by atoms with E-state index in [1.165, 1.54) is 30.4 Å². The Labute approximate surface area is 130 Å². The molecule has 0 radical (unpaired) electrons. The predicted molar refractivity (Wildman–Crippen MR) is 79.3 cm³/mol. The summed E-state index contributed by atoms with van der Waals surface area (Å²) in [5, 5.41) is 29.6. The summed E-state index contributed by atoms with van der Waals surface area (Å²) in [4.78, 5) is 22.0.